The third-order valence-corrected chi connectivity index (χ3v) is 6.21. The molecule has 0 aliphatic carbocycles. The van der Waals surface area contributed by atoms with Crippen LogP contribution in [0, 0.1) is 5.92 Å². The first-order valence-electron chi connectivity index (χ1n) is 12.2. The summed E-state index contributed by atoms with van der Waals surface area (Å²) < 4.78 is 11.1. The van der Waals surface area contributed by atoms with Crippen LogP contribution in [0.15, 0.2) is 30.5 Å². The molecule has 2 rings (SSSR count). The quantitative estimate of drug-likeness (QED) is 0.227. The Hall–Kier alpha value is -2.69. The molecule has 0 spiro atoms. The van der Waals surface area contributed by atoms with Crippen LogP contribution in [0.3, 0.4) is 0 Å². The molecule has 0 radical (unpaired) electrons. The van der Waals surface area contributed by atoms with Crippen LogP contribution in [0.5, 0.6) is 10.9 Å². The van der Waals surface area contributed by atoms with Gasteiger partial charge in [-0.05, 0) is 36.6 Å². The predicted octanol–water partition coefficient (Wildman–Crippen LogP) is 3.59. The third kappa shape index (κ3) is 11.5. The maximum Gasteiger partial charge on any atom is 0.275 e. The molecular formula is C25H38N4O5S. The molecule has 0 aliphatic heterocycles. The van der Waals surface area contributed by atoms with Gasteiger partial charge in [0.1, 0.15) is 30.1 Å². The van der Waals surface area contributed by atoms with Crippen LogP contribution in [-0.2, 0) is 4.79 Å². The van der Waals surface area contributed by atoms with Gasteiger partial charge in [-0.3, -0.25) is 9.59 Å². The van der Waals surface area contributed by atoms with Crippen molar-refractivity contribution in [3.05, 3.63) is 36.0 Å². The topological polar surface area (TPSA) is 136 Å². The summed E-state index contributed by atoms with van der Waals surface area (Å²) in [6.07, 6.45) is 6.88. The lowest BCUT2D eigenvalue weighted by Gasteiger charge is -2.14. The molecule has 0 aliphatic rings. The molecular weight excluding hydrogens is 468 g/mol. The van der Waals surface area contributed by atoms with E-state index in [1.54, 1.807) is 30.5 Å². The highest BCUT2D eigenvalue weighted by Gasteiger charge is 2.13. The Bertz CT molecular complexity index is 884. The number of nitrogens with two attached hydrogens (primary N) is 1. The van der Waals surface area contributed by atoms with Gasteiger partial charge < -0.3 is 30.9 Å². The molecule has 2 aromatic rings. The predicted molar refractivity (Wildman–Crippen MR) is 138 cm³/mol. The molecule has 9 nitrogen and oxygen atoms in total. The zero-order chi connectivity index (χ0) is 25.5. The van der Waals surface area contributed by atoms with E-state index in [9.17, 15) is 14.7 Å². The van der Waals surface area contributed by atoms with Crippen molar-refractivity contribution in [1.29, 1.82) is 0 Å². The SMILES string of the molecule is CCCC(CCC)CCC(=O)Nc1cnc(OCC(O)CNCCOc2ccc(C(N)=O)cc2)s1. The summed E-state index contributed by atoms with van der Waals surface area (Å²) in [5.74, 6) is 0.751. The number of hydrogen-bond donors (Lipinski definition) is 4. The second-order valence-corrected chi connectivity index (χ2v) is 9.42. The normalized spacial score (nSPS) is 11.9. The number of carbonyl (C=O) groups is 2. The summed E-state index contributed by atoms with van der Waals surface area (Å²) in [5.41, 5.74) is 5.63. The van der Waals surface area contributed by atoms with E-state index in [-0.39, 0.29) is 12.5 Å². The second kappa shape index (κ2) is 16.1. The van der Waals surface area contributed by atoms with E-state index >= 15 is 0 Å². The van der Waals surface area contributed by atoms with Crippen LogP contribution >= 0.6 is 11.3 Å². The van der Waals surface area contributed by atoms with Crippen molar-refractivity contribution in [2.75, 3.05) is 31.6 Å². The standard InChI is InChI=1S/C25H38N4O5S/c1-3-5-18(6-4-2)7-12-22(31)29-23-16-28-25(35-23)34-17-20(30)15-27-13-14-33-21-10-8-19(9-11-21)24(26)32/h8-11,16,18,20,27,30H,3-7,12-15,17H2,1-2H3,(H2,26,32)(H,29,31). The van der Waals surface area contributed by atoms with Gasteiger partial charge in [0.2, 0.25) is 11.8 Å². The van der Waals surface area contributed by atoms with Crippen LogP contribution in [-0.4, -0.2) is 54.3 Å². The first-order chi connectivity index (χ1) is 16.9. The summed E-state index contributed by atoms with van der Waals surface area (Å²) in [7, 11) is 0. The van der Waals surface area contributed by atoms with Gasteiger partial charge >= 0.3 is 0 Å². The minimum absolute atomic E-state index is 0.00679. The van der Waals surface area contributed by atoms with Gasteiger partial charge in [-0.25, -0.2) is 4.98 Å². The van der Waals surface area contributed by atoms with Gasteiger partial charge in [0, 0.05) is 25.1 Å². The second-order valence-electron chi connectivity index (χ2n) is 8.43. The number of aromatic nitrogens is 1. The molecule has 0 saturated carbocycles. The van der Waals surface area contributed by atoms with Crippen molar-refractivity contribution in [3.8, 4) is 10.9 Å². The summed E-state index contributed by atoms with van der Waals surface area (Å²) in [4.78, 5) is 27.5. The fourth-order valence-electron chi connectivity index (χ4n) is 3.62. The number of ether oxygens (including phenoxy) is 2. The maximum atomic E-state index is 12.3. The molecule has 5 N–H and O–H groups in total. The summed E-state index contributed by atoms with van der Waals surface area (Å²) in [5, 5.41) is 17.1. The number of nitrogens with one attached hydrogen (secondary N) is 2. The molecule has 194 valence electrons. The lowest BCUT2D eigenvalue weighted by molar-refractivity contribution is -0.116. The highest BCUT2D eigenvalue weighted by Crippen LogP contribution is 2.26. The largest absolute Gasteiger partial charge is 0.492 e. The first kappa shape index (κ1) is 28.5. The Morgan fingerprint density at radius 3 is 2.49 bits per heavy atom. The zero-order valence-corrected chi connectivity index (χ0v) is 21.4. The lowest BCUT2D eigenvalue weighted by atomic mass is 9.93. The summed E-state index contributed by atoms with van der Waals surface area (Å²) >= 11 is 1.24. The van der Waals surface area contributed by atoms with Gasteiger partial charge in [-0.15, -0.1) is 0 Å². The average molecular weight is 507 g/mol. The molecule has 2 amide bonds. The molecule has 0 saturated heterocycles. The fourth-order valence-corrected chi connectivity index (χ4v) is 4.31. The van der Waals surface area contributed by atoms with Crippen molar-refractivity contribution in [2.45, 2.75) is 58.5 Å². The van der Waals surface area contributed by atoms with E-state index < -0.39 is 12.0 Å². The van der Waals surface area contributed by atoms with Gasteiger partial charge in [0.05, 0.1) is 6.20 Å². The number of aliphatic hydroxyl groups excluding tert-OH is 1. The number of nitrogens with zero attached hydrogens (tertiary/aromatic N) is 1. The molecule has 1 aromatic heterocycles. The average Bonchev–Trinajstić information content (AvgIpc) is 3.28. The van der Waals surface area contributed by atoms with Crippen molar-refractivity contribution in [2.24, 2.45) is 11.7 Å². The Labute approximate surface area is 211 Å². The monoisotopic (exact) mass is 506 g/mol. The molecule has 10 heteroatoms. The minimum Gasteiger partial charge on any atom is -0.492 e. The Balaban J connectivity index is 1.59. The van der Waals surface area contributed by atoms with Crippen molar-refractivity contribution in [1.82, 2.24) is 10.3 Å². The number of thiazole rings is 1. The van der Waals surface area contributed by atoms with Crippen molar-refractivity contribution in [3.63, 3.8) is 0 Å². The molecule has 1 aromatic carbocycles. The maximum absolute atomic E-state index is 12.3. The summed E-state index contributed by atoms with van der Waals surface area (Å²) in [6, 6.07) is 6.59. The number of rotatable bonds is 18. The third-order valence-electron chi connectivity index (χ3n) is 5.39. The van der Waals surface area contributed by atoms with Crippen LogP contribution in [0.2, 0.25) is 0 Å². The molecule has 1 atom stereocenters. The van der Waals surface area contributed by atoms with Gasteiger partial charge in [0.25, 0.3) is 5.19 Å². The zero-order valence-electron chi connectivity index (χ0n) is 20.6. The van der Waals surface area contributed by atoms with Crippen molar-refractivity contribution < 1.29 is 24.2 Å². The van der Waals surface area contributed by atoms with Crippen LogP contribution in [0.4, 0.5) is 5.00 Å². The van der Waals surface area contributed by atoms with E-state index in [0.717, 1.165) is 32.1 Å². The number of primary amides is 1. The first-order valence-corrected chi connectivity index (χ1v) is 13.0. The van der Waals surface area contributed by atoms with Crippen molar-refractivity contribution >= 4 is 28.2 Å². The number of anilines is 1. The Kier molecular flexibility index (Phi) is 13.1. The molecule has 1 unspecified atom stereocenters. The lowest BCUT2D eigenvalue weighted by Crippen LogP contribution is -2.33. The number of benzene rings is 1. The number of carbonyl (C=O) groups excluding carboxylic acids is 2. The summed E-state index contributed by atoms with van der Waals surface area (Å²) in [6.45, 7) is 5.70. The molecule has 35 heavy (non-hydrogen) atoms. The van der Waals surface area contributed by atoms with Gasteiger partial charge in [0.15, 0.2) is 0 Å². The smallest absolute Gasteiger partial charge is 0.275 e. The van der Waals surface area contributed by atoms with Crippen LogP contribution < -0.4 is 25.8 Å². The molecule has 0 fully saturated rings. The molecule has 0 bridgehead atoms. The minimum atomic E-state index is -0.721. The van der Waals surface area contributed by atoms with E-state index in [1.165, 1.54) is 11.3 Å². The van der Waals surface area contributed by atoms with Gasteiger partial charge in [-0.1, -0.05) is 50.9 Å². The fraction of sp³-hybridized carbons (Fsp3) is 0.560. The Morgan fingerprint density at radius 2 is 1.83 bits per heavy atom. The van der Waals surface area contributed by atoms with E-state index in [0.29, 0.717) is 53.5 Å². The van der Waals surface area contributed by atoms with E-state index in [2.05, 4.69) is 29.5 Å². The number of aliphatic hydroxyl groups is 1. The number of hydrogen-bond acceptors (Lipinski definition) is 8. The highest BCUT2D eigenvalue weighted by molar-refractivity contribution is 7.17. The number of amides is 2. The Morgan fingerprint density at radius 1 is 1.11 bits per heavy atom. The highest BCUT2D eigenvalue weighted by atomic mass is 32.1. The van der Waals surface area contributed by atoms with E-state index in [4.69, 9.17) is 15.2 Å². The van der Waals surface area contributed by atoms with Crippen LogP contribution in [0.25, 0.3) is 0 Å². The van der Waals surface area contributed by atoms with Gasteiger partial charge in [-0.2, -0.15) is 0 Å². The molecule has 1 heterocycles. The van der Waals surface area contributed by atoms with E-state index in [1.807, 2.05) is 0 Å². The van der Waals surface area contributed by atoms with Crippen LogP contribution in [0.1, 0.15) is 62.7 Å².